The number of hydrogen-bond acceptors (Lipinski definition) is 2. The first-order chi connectivity index (χ1) is 16.1. The molecule has 0 aromatic heterocycles. The van der Waals surface area contributed by atoms with Gasteiger partial charge in [-0.2, -0.15) is 0 Å². The van der Waals surface area contributed by atoms with E-state index in [0.29, 0.717) is 35.4 Å². The Hall–Kier alpha value is -0.960. The largest absolute Gasteiger partial charge is 0.449 e. The first-order valence-corrected chi connectivity index (χ1v) is 16.6. The lowest BCUT2D eigenvalue weighted by Gasteiger charge is -2.56. The van der Waals surface area contributed by atoms with Crippen LogP contribution in [-0.2, 0) is 11.2 Å². The van der Waals surface area contributed by atoms with E-state index < -0.39 is 10.3 Å². The van der Waals surface area contributed by atoms with Crippen LogP contribution in [0.3, 0.4) is 0 Å². The maximum atomic E-state index is 12.7. The number of Topliss-reactive ketones (excluding diaryl/α,β-unsaturated/α-hetero) is 1. The van der Waals surface area contributed by atoms with Crippen molar-refractivity contribution in [2.24, 2.45) is 29.1 Å². The molecule has 0 aliphatic heterocycles. The molecule has 1 fully saturated rings. The molecule has 0 bridgehead atoms. The molecule has 0 radical (unpaired) electrons. The average molecular weight is 523 g/mol. The molecule has 1 aromatic carbocycles. The van der Waals surface area contributed by atoms with Crippen LogP contribution in [0.2, 0.25) is 0 Å². The van der Waals surface area contributed by atoms with Crippen molar-refractivity contribution in [2.75, 3.05) is 12.5 Å². The summed E-state index contributed by atoms with van der Waals surface area (Å²) in [5.41, 5.74) is 2.81. The van der Waals surface area contributed by atoms with Crippen LogP contribution in [0, 0.1) is 29.1 Å². The zero-order chi connectivity index (χ0) is 27.4. The SMILES string of the molecule is C.CC.CCC.CCC1C2C(c3ccc(OS(C)(C)C(C)(C)C)cc3C[C@H]2C)C(C)CC1(C)C(C)=O. The molecule has 0 saturated heterocycles. The summed E-state index contributed by atoms with van der Waals surface area (Å²) in [4.78, 5) is 12.7. The topological polar surface area (TPSA) is 26.3 Å². The molecular formula is C33H62O2S. The maximum absolute atomic E-state index is 12.7. The van der Waals surface area contributed by atoms with Gasteiger partial charge in [0, 0.05) is 10.2 Å². The second-order valence-electron chi connectivity index (χ2n) is 12.5. The van der Waals surface area contributed by atoms with E-state index in [4.69, 9.17) is 4.18 Å². The van der Waals surface area contributed by atoms with Crippen LogP contribution >= 0.6 is 10.3 Å². The number of hydrogen-bond donors (Lipinski definition) is 0. The Morgan fingerprint density at radius 3 is 2.06 bits per heavy atom. The molecule has 1 aromatic rings. The van der Waals surface area contributed by atoms with E-state index >= 15 is 0 Å². The smallest absolute Gasteiger partial charge is 0.135 e. The van der Waals surface area contributed by atoms with Crippen LogP contribution in [0.5, 0.6) is 5.75 Å². The summed E-state index contributed by atoms with van der Waals surface area (Å²) in [7, 11) is -1.20. The summed E-state index contributed by atoms with van der Waals surface area (Å²) in [5, 5.41) is 0. The third-order valence-corrected chi connectivity index (χ3v) is 12.3. The number of carbonyl (C=O) groups is 1. The normalized spacial score (nSPS) is 29.6. The highest BCUT2D eigenvalue weighted by atomic mass is 32.3. The van der Waals surface area contributed by atoms with Gasteiger partial charge in [-0.3, -0.25) is 4.79 Å². The fourth-order valence-corrected chi connectivity index (χ4v) is 7.21. The van der Waals surface area contributed by atoms with Crippen molar-refractivity contribution in [2.45, 2.75) is 127 Å². The summed E-state index contributed by atoms with van der Waals surface area (Å²) in [5.74, 6) is 4.14. The lowest BCUT2D eigenvalue weighted by Crippen LogP contribution is -2.51. The van der Waals surface area contributed by atoms with Crippen molar-refractivity contribution >= 4 is 16.1 Å². The van der Waals surface area contributed by atoms with Crippen LogP contribution in [0.15, 0.2) is 18.2 Å². The van der Waals surface area contributed by atoms with Crippen molar-refractivity contribution < 1.29 is 8.98 Å². The molecule has 212 valence electrons. The maximum Gasteiger partial charge on any atom is 0.135 e. The van der Waals surface area contributed by atoms with Gasteiger partial charge in [-0.05, 0) is 106 Å². The molecule has 0 N–H and O–H groups in total. The third kappa shape index (κ3) is 7.12. The van der Waals surface area contributed by atoms with E-state index in [9.17, 15) is 4.79 Å². The molecule has 6 atom stereocenters. The Bertz CT molecular complexity index is 821. The zero-order valence-electron chi connectivity index (χ0n) is 25.7. The highest BCUT2D eigenvalue weighted by molar-refractivity contribution is 8.30. The van der Waals surface area contributed by atoms with Gasteiger partial charge in [0.15, 0.2) is 0 Å². The van der Waals surface area contributed by atoms with Crippen molar-refractivity contribution in [3.63, 3.8) is 0 Å². The lowest BCUT2D eigenvalue weighted by molar-refractivity contribution is -0.137. The molecule has 1 saturated carbocycles. The minimum Gasteiger partial charge on any atom is -0.449 e. The monoisotopic (exact) mass is 522 g/mol. The average Bonchev–Trinajstić information content (AvgIpc) is 2.74. The van der Waals surface area contributed by atoms with Crippen LogP contribution in [0.1, 0.15) is 127 Å². The predicted octanol–water partition coefficient (Wildman–Crippen LogP) is 10.5. The Morgan fingerprint density at radius 2 is 1.61 bits per heavy atom. The Kier molecular flexibility index (Phi) is 13.4. The summed E-state index contributed by atoms with van der Waals surface area (Å²) < 4.78 is 6.72. The second-order valence-corrected chi connectivity index (χ2v) is 16.3. The molecule has 2 aliphatic rings. The van der Waals surface area contributed by atoms with E-state index in [-0.39, 0.29) is 17.6 Å². The Balaban J connectivity index is 0.00000190. The molecule has 36 heavy (non-hydrogen) atoms. The van der Waals surface area contributed by atoms with Gasteiger partial charge in [0.25, 0.3) is 0 Å². The van der Waals surface area contributed by atoms with Crippen molar-refractivity contribution in [3.05, 3.63) is 29.3 Å². The van der Waals surface area contributed by atoms with E-state index in [1.165, 1.54) is 17.5 Å². The van der Waals surface area contributed by atoms with Gasteiger partial charge in [0.2, 0.25) is 0 Å². The predicted molar refractivity (Wildman–Crippen MR) is 166 cm³/mol. The molecule has 0 heterocycles. The molecule has 0 amide bonds. The van der Waals surface area contributed by atoms with Crippen LogP contribution in [-0.4, -0.2) is 23.0 Å². The van der Waals surface area contributed by atoms with E-state index in [1.807, 2.05) is 20.8 Å². The van der Waals surface area contributed by atoms with E-state index in [2.05, 4.69) is 93.0 Å². The summed E-state index contributed by atoms with van der Waals surface area (Å²) >= 11 is 0. The second kappa shape index (κ2) is 13.7. The lowest BCUT2D eigenvalue weighted by atomic mass is 9.48. The minimum absolute atomic E-state index is 0. The van der Waals surface area contributed by atoms with Crippen molar-refractivity contribution in [1.29, 1.82) is 0 Å². The quantitative estimate of drug-likeness (QED) is 0.393. The third-order valence-electron chi connectivity index (χ3n) is 8.75. The molecule has 2 nitrogen and oxygen atoms in total. The molecule has 5 unspecified atom stereocenters. The van der Waals surface area contributed by atoms with Gasteiger partial charge < -0.3 is 4.18 Å². The van der Waals surface area contributed by atoms with Crippen LogP contribution in [0.25, 0.3) is 0 Å². The zero-order valence-corrected chi connectivity index (χ0v) is 26.5. The Morgan fingerprint density at radius 1 is 1.08 bits per heavy atom. The number of rotatable bonds is 4. The molecule has 3 rings (SSSR count). The molecule has 2 aliphatic carbocycles. The van der Waals surface area contributed by atoms with Gasteiger partial charge in [0.1, 0.15) is 11.5 Å². The van der Waals surface area contributed by atoms with Gasteiger partial charge >= 0.3 is 0 Å². The highest BCUT2D eigenvalue weighted by Crippen LogP contribution is 2.60. The fourth-order valence-electron chi connectivity index (χ4n) is 6.38. The van der Waals surface area contributed by atoms with Crippen LogP contribution < -0.4 is 4.18 Å². The summed E-state index contributed by atoms with van der Waals surface area (Å²) in [6, 6.07) is 6.89. The molecular weight excluding hydrogens is 460 g/mol. The standard InChI is InChI=1S/C27H44O2S.C3H8.C2H6.CH4/c1-11-23-25-17(2)14-20-15-21(29-30(9,10)26(5,6)7)12-13-22(20)24(25)18(3)16-27(23,8)19(4)28;1-3-2;1-2;/h12-13,15,17-18,23-25H,11,14,16H2,1-10H3;3H2,1-2H3;1-2H3;1H4/t17-,18?,23?,24?,25?,27?;;;/m1.../s1. The van der Waals surface area contributed by atoms with Crippen molar-refractivity contribution in [3.8, 4) is 5.75 Å². The summed E-state index contributed by atoms with van der Waals surface area (Å²) in [6.07, 6.45) is 8.98. The highest BCUT2D eigenvalue weighted by Gasteiger charge is 2.54. The number of fused-ring (bicyclic) bond motifs is 3. The number of ketones is 1. The van der Waals surface area contributed by atoms with E-state index in [0.717, 1.165) is 25.0 Å². The Labute approximate surface area is 228 Å². The minimum atomic E-state index is -1.20. The molecule has 3 heteroatoms. The fraction of sp³-hybridized carbons (Fsp3) is 0.788. The van der Waals surface area contributed by atoms with E-state index in [1.54, 1.807) is 0 Å². The van der Waals surface area contributed by atoms with Gasteiger partial charge in [-0.1, -0.05) is 92.0 Å². The molecule has 0 spiro atoms. The number of carbonyl (C=O) groups excluding carboxylic acids is 1. The van der Waals surface area contributed by atoms with Gasteiger partial charge in [-0.25, -0.2) is 0 Å². The number of benzene rings is 1. The van der Waals surface area contributed by atoms with Crippen molar-refractivity contribution in [1.82, 2.24) is 0 Å². The first kappa shape index (κ1) is 35.0. The van der Waals surface area contributed by atoms with Gasteiger partial charge in [0.05, 0.1) is 0 Å². The van der Waals surface area contributed by atoms with Gasteiger partial charge in [-0.15, -0.1) is 0 Å². The first-order valence-electron chi connectivity index (χ1n) is 14.2. The van der Waals surface area contributed by atoms with Crippen LogP contribution in [0.4, 0.5) is 0 Å². The summed E-state index contributed by atoms with van der Waals surface area (Å²) in [6.45, 7) is 26.2.